The standard InChI is InChI=1S/C15H23F2N3O/c16-13-3-1-2-12(15(13)17)14(18)4-5-19-6-8-20(9-7-19)10-11-21/h1-3,14,21H,4-11,18H2. The number of hydrogen-bond acceptors (Lipinski definition) is 4. The number of nitrogens with two attached hydrogens (primary N) is 1. The number of benzene rings is 1. The summed E-state index contributed by atoms with van der Waals surface area (Å²) in [5.74, 6) is -1.68. The van der Waals surface area contributed by atoms with E-state index in [9.17, 15) is 8.78 Å². The summed E-state index contributed by atoms with van der Waals surface area (Å²) in [7, 11) is 0. The van der Waals surface area contributed by atoms with E-state index in [4.69, 9.17) is 10.8 Å². The summed E-state index contributed by atoms with van der Waals surface area (Å²) in [5.41, 5.74) is 6.22. The van der Waals surface area contributed by atoms with Gasteiger partial charge in [-0.3, -0.25) is 4.90 Å². The molecular formula is C15H23F2N3O. The summed E-state index contributed by atoms with van der Waals surface area (Å²) in [6, 6.07) is 3.64. The molecule has 0 amide bonds. The van der Waals surface area contributed by atoms with E-state index in [2.05, 4.69) is 9.80 Å². The molecule has 0 bridgehead atoms. The summed E-state index contributed by atoms with van der Waals surface area (Å²) < 4.78 is 26.8. The predicted octanol–water partition coefficient (Wildman–Crippen LogP) is 0.965. The monoisotopic (exact) mass is 299 g/mol. The Balaban J connectivity index is 1.79. The van der Waals surface area contributed by atoms with Crippen molar-refractivity contribution in [2.75, 3.05) is 45.9 Å². The minimum Gasteiger partial charge on any atom is -0.395 e. The predicted molar refractivity (Wildman–Crippen MR) is 77.9 cm³/mol. The molecule has 6 heteroatoms. The van der Waals surface area contributed by atoms with Crippen LogP contribution in [0.3, 0.4) is 0 Å². The fourth-order valence-electron chi connectivity index (χ4n) is 2.66. The van der Waals surface area contributed by atoms with Gasteiger partial charge in [0.1, 0.15) is 0 Å². The quantitative estimate of drug-likeness (QED) is 0.822. The maximum Gasteiger partial charge on any atom is 0.163 e. The first kappa shape index (κ1) is 16.3. The van der Waals surface area contributed by atoms with Gasteiger partial charge in [0.2, 0.25) is 0 Å². The highest BCUT2D eigenvalue weighted by molar-refractivity contribution is 5.22. The smallest absolute Gasteiger partial charge is 0.163 e. The van der Waals surface area contributed by atoms with Crippen molar-refractivity contribution in [3.8, 4) is 0 Å². The zero-order chi connectivity index (χ0) is 15.2. The van der Waals surface area contributed by atoms with Crippen LogP contribution in [0.2, 0.25) is 0 Å². The summed E-state index contributed by atoms with van der Waals surface area (Å²) in [4.78, 5) is 4.48. The fraction of sp³-hybridized carbons (Fsp3) is 0.600. The third-order valence-electron chi connectivity index (χ3n) is 4.02. The van der Waals surface area contributed by atoms with Crippen molar-refractivity contribution in [1.82, 2.24) is 9.80 Å². The summed E-state index contributed by atoms with van der Waals surface area (Å²) in [6.45, 7) is 5.33. The van der Waals surface area contributed by atoms with Crippen molar-refractivity contribution in [2.45, 2.75) is 12.5 Å². The fourth-order valence-corrected chi connectivity index (χ4v) is 2.66. The molecular weight excluding hydrogens is 276 g/mol. The van der Waals surface area contributed by atoms with E-state index in [1.54, 1.807) is 6.07 Å². The molecule has 1 saturated heterocycles. The number of aliphatic hydroxyl groups excluding tert-OH is 1. The van der Waals surface area contributed by atoms with Gasteiger partial charge in [-0.2, -0.15) is 0 Å². The van der Waals surface area contributed by atoms with Crippen molar-refractivity contribution >= 4 is 0 Å². The zero-order valence-corrected chi connectivity index (χ0v) is 12.1. The van der Waals surface area contributed by atoms with Gasteiger partial charge in [-0.15, -0.1) is 0 Å². The highest BCUT2D eigenvalue weighted by atomic mass is 19.2. The summed E-state index contributed by atoms with van der Waals surface area (Å²) in [6.07, 6.45) is 0.598. The maximum absolute atomic E-state index is 13.7. The van der Waals surface area contributed by atoms with Crippen molar-refractivity contribution in [3.05, 3.63) is 35.4 Å². The van der Waals surface area contributed by atoms with Crippen molar-refractivity contribution in [1.29, 1.82) is 0 Å². The lowest BCUT2D eigenvalue weighted by Gasteiger charge is -2.34. The van der Waals surface area contributed by atoms with Crippen LogP contribution in [0.25, 0.3) is 0 Å². The first-order valence-electron chi connectivity index (χ1n) is 7.37. The van der Waals surface area contributed by atoms with E-state index in [0.717, 1.165) is 38.8 Å². The van der Waals surface area contributed by atoms with Gasteiger partial charge in [0, 0.05) is 50.9 Å². The number of halogens is 2. The normalized spacial score (nSPS) is 18.9. The van der Waals surface area contributed by atoms with E-state index >= 15 is 0 Å². The molecule has 0 radical (unpaired) electrons. The lowest BCUT2D eigenvalue weighted by molar-refractivity contribution is 0.110. The average molecular weight is 299 g/mol. The molecule has 3 N–H and O–H groups in total. The third kappa shape index (κ3) is 4.44. The van der Waals surface area contributed by atoms with E-state index < -0.39 is 17.7 Å². The van der Waals surface area contributed by atoms with Crippen LogP contribution >= 0.6 is 0 Å². The molecule has 1 fully saturated rings. The molecule has 4 nitrogen and oxygen atoms in total. The maximum atomic E-state index is 13.7. The average Bonchev–Trinajstić information content (AvgIpc) is 2.49. The molecule has 0 aromatic heterocycles. The van der Waals surface area contributed by atoms with Gasteiger partial charge in [0.05, 0.1) is 6.61 Å². The Hall–Kier alpha value is -1.08. The molecule has 1 aliphatic rings. The van der Waals surface area contributed by atoms with Gasteiger partial charge >= 0.3 is 0 Å². The van der Waals surface area contributed by atoms with Gasteiger partial charge in [0.25, 0.3) is 0 Å². The van der Waals surface area contributed by atoms with Crippen LogP contribution in [0.4, 0.5) is 8.78 Å². The van der Waals surface area contributed by atoms with Crippen LogP contribution in [0, 0.1) is 11.6 Å². The molecule has 21 heavy (non-hydrogen) atoms. The Morgan fingerprint density at radius 3 is 2.33 bits per heavy atom. The molecule has 118 valence electrons. The zero-order valence-electron chi connectivity index (χ0n) is 12.1. The third-order valence-corrected chi connectivity index (χ3v) is 4.02. The molecule has 1 aromatic carbocycles. The minimum atomic E-state index is -0.847. The number of piperazine rings is 1. The molecule has 2 rings (SSSR count). The first-order chi connectivity index (χ1) is 10.1. The van der Waals surface area contributed by atoms with E-state index in [1.807, 2.05) is 0 Å². The van der Waals surface area contributed by atoms with Crippen molar-refractivity contribution in [2.24, 2.45) is 5.73 Å². The van der Waals surface area contributed by atoms with Crippen LogP contribution in [-0.4, -0.2) is 60.8 Å². The number of nitrogens with zero attached hydrogens (tertiary/aromatic N) is 2. The lowest BCUT2D eigenvalue weighted by Crippen LogP contribution is -2.47. The number of hydrogen-bond donors (Lipinski definition) is 2. The van der Waals surface area contributed by atoms with Gasteiger partial charge in [-0.25, -0.2) is 8.78 Å². The van der Waals surface area contributed by atoms with E-state index in [-0.39, 0.29) is 12.2 Å². The Kier molecular flexibility index (Phi) is 6.05. The van der Waals surface area contributed by atoms with Crippen LogP contribution in [0.5, 0.6) is 0 Å². The Morgan fingerprint density at radius 1 is 1.10 bits per heavy atom. The number of aliphatic hydroxyl groups is 1. The van der Waals surface area contributed by atoms with Gasteiger partial charge in [-0.05, 0) is 12.5 Å². The lowest BCUT2D eigenvalue weighted by atomic mass is 10.0. The second-order valence-corrected chi connectivity index (χ2v) is 5.45. The second-order valence-electron chi connectivity index (χ2n) is 5.45. The molecule has 1 heterocycles. The van der Waals surface area contributed by atoms with Crippen molar-refractivity contribution in [3.63, 3.8) is 0 Å². The summed E-state index contributed by atoms with van der Waals surface area (Å²) in [5, 5.41) is 8.90. The molecule has 1 aliphatic heterocycles. The Labute approximate surface area is 124 Å². The van der Waals surface area contributed by atoms with Gasteiger partial charge in [0.15, 0.2) is 11.6 Å². The van der Waals surface area contributed by atoms with E-state index in [1.165, 1.54) is 6.07 Å². The molecule has 1 atom stereocenters. The van der Waals surface area contributed by atoms with Gasteiger partial charge < -0.3 is 15.7 Å². The molecule has 1 unspecified atom stereocenters. The van der Waals surface area contributed by atoms with Crippen LogP contribution in [-0.2, 0) is 0 Å². The minimum absolute atomic E-state index is 0.184. The Bertz CT molecular complexity index is 451. The van der Waals surface area contributed by atoms with Crippen LogP contribution < -0.4 is 5.73 Å². The highest BCUT2D eigenvalue weighted by Crippen LogP contribution is 2.20. The van der Waals surface area contributed by atoms with Crippen LogP contribution in [0.1, 0.15) is 18.0 Å². The van der Waals surface area contributed by atoms with E-state index in [0.29, 0.717) is 13.0 Å². The molecule has 0 spiro atoms. The van der Waals surface area contributed by atoms with Crippen molar-refractivity contribution < 1.29 is 13.9 Å². The largest absolute Gasteiger partial charge is 0.395 e. The molecule has 0 aliphatic carbocycles. The SMILES string of the molecule is NC(CCN1CCN(CCO)CC1)c1cccc(F)c1F. The topological polar surface area (TPSA) is 52.7 Å². The number of β-amino-alcohol motifs (C(OH)–C–C–N with tert-alkyl or cyclic N) is 1. The van der Waals surface area contributed by atoms with Gasteiger partial charge in [-0.1, -0.05) is 12.1 Å². The first-order valence-corrected chi connectivity index (χ1v) is 7.37. The highest BCUT2D eigenvalue weighted by Gasteiger charge is 2.19. The molecule has 0 saturated carbocycles. The number of rotatable bonds is 6. The van der Waals surface area contributed by atoms with Crippen LogP contribution in [0.15, 0.2) is 18.2 Å². The Morgan fingerprint density at radius 2 is 1.71 bits per heavy atom. The summed E-state index contributed by atoms with van der Waals surface area (Å²) >= 11 is 0. The molecule has 1 aromatic rings. The second kappa shape index (κ2) is 7.79.